The smallest absolute Gasteiger partial charge is 0.231 e. The first-order valence-electron chi connectivity index (χ1n) is 9.40. The van der Waals surface area contributed by atoms with Crippen LogP contribution < -0.4 is 0 Å². The molecular formula is C20H27N5O. The molecule has 2 aromatic rings. The number of likely N-dealkylation sites (N-methyl/N-ethyl adjacent to an activating group) is 1. The van der Waals surface area contributed by atoms with Crippen molar-refractivity contribution in [2.45, 2.75) is 38.8 Å². The molecule has 26 heavy (non-hydrogen) atoms. The third kappa shape index (κ3) is 2.82. The molecule has 138 valence electrons. The summed E-state index contributed by atoms with van der Waals surface area (Å²) in [6.45, 7) is 7.46. The second-order valence-electron chi connectivity index (χ2n) is 8.08. The van der Waals surface area contributed by atoms with Gasteiger partial charge in [0, 0.05) is 56.7 Å². The molecule has 0 N–H and O–H groups in total. The lowest BCUT2D eigenvalue weighted by Gasteiger charge is -2.28. The quantitative estimate of drug-likeness (QED) is 0.846. The highest BCUT2D eigenvalue weighted by atomic mass is 16.2. The van der Waals surface area contributed by atoms with Crippen LogP contribution in [0.1, 0.15) is 43.5 Å². The Kier molecular flexibility index (Phi) is 4.31. The first-order chi connectivity index (χ1) is 12.5. The van der Waals surface area contributed by atoms with Gasteiger partial charge >= 0.3 is 0 Å². The molecule has 2 atom stereocenters. The van der Waals surface area contributed by atoms with Gasteiger partial charge in [-0.15, -0.1) is 0 Å². The van der Waals surface area contributed by atoms with Gasteiger partial charge in [0.1, 0.15) is 0 Å². The van der Waals surface area contributed by atoms with Gasteiger partial charge < -0.3 is 14.4 Å². The average Bonchev–Trinajstić information content (AvgIpc) is 3.30. The zero-order chi connectivity index (χ0) is 18.3. The van der Waals surface area contributed by atoms with E-state index in [1.165, 1.54) is 0 Å². The zero-order valence-electron chi connectivity index (χ0n) is 15.8. The number of carbonyl (C=O) groups is 1. The fraction of sp³-hybridized carbons (Fsp3) is 0.550. The highest BCUT2D eigenvalue weighted by molar-refractivity contribution is 5.86. The third-order valence-electron chi connectivity index (χ3n) is 5.93. The molecule has 0 bridgehead atoms. The summed E-state index contributed by atoms with van der Waals surface area (Å²) in [7, 11) is 2.11. The number of aromatic nitrogens is 3. The van der Waals surface area contributed by atoms with Crippen LogP contribution in [0.4, 0.5) is 0 Å². The van der Waals surface area contributed by atoms with E-state index in [0.717, 1.165) is 37.3 Å². The molecule has 6 heteroatoms. The first-order valence-corrected chi connectivity index (χ1v) is 9.40. The van der Waals surface area contributed by atoms with Crippen molar-refractivity contribution >= 4 is 5.91 Å². The van der Waals surface area contributed by atoms with Crippen LogP contribution in [0.15, 0.2) is 37.1 Å². The van der Waals surface area contributed by atoms with Crippen molar-refractivity contribution in [3.8, 4) is 0 Å². The molecule has 0 unspecified atom stereocenters. The van der Waals surface area contributed by atoms with Crippen molar-refractivity contribution in [2.75, 3.05) is 26.7 Å². The molecule has 2 aliphatic heterocycles. The van der Waals surface area contributed by atoms with Crippen molar-refractivity contribution < 1.29 is 4.79 Å². The molecule has 4 rings (SSSR count). The monoisotopic (exact) mass is 353 g/mol. The zero-order valence-corrected chi connectivity index (χ0v) is 15.8. The summed E-state index contributed by atoms with van der Waals surface area (Å²) >= 11 is 0. The molecule has 0 radical (unpaired) electrons. The fourth-order valence-electron chi connectivity index (χ4n) is 4.53. The summed E-state index contributed by atoms with van der Waals surface area (Å²) in [6.07, 6.45) is 8.55. The number of imidazole rings is 1. The van der Waals surface area contributed by atoms with Crippen LogP contribution in [0.5, 0.6) is 0 Å². The number of pyridine rings is 1. The Bertz CT molecular complexity index is 787. The van der Waals surface area contributed by atoms with Crippen LogP contribution in [0, 0.1) is 5.41 Å². The normalized spacial score (nSPS) is 26.5. The molecule has 1 spiro atoms. The van der Waals surface area contributed by atoms with Gasteiger partial charge in [0.05, 0.1) is 17.4 Å². The summed E-state index contributed by atoms with van der Waals surface area (Å²) in [4.78, 5) is 26.6. The number of nitrogens with zero attached hydrogens (tertiary/aromatic N) is 5. The molecule has 4 heterocycles. The van der Waals surface area contributed by atoms with Crippen LogP contribution in [0.2, 0.25) is 0 Å². The minimum atomic E-state index is -0.340. The predicted octanol–water partition coefficient (Wildman–Crippen LogP) is 2.31. The topological polar surface area (TPSA) is 54.3 Å². The molecular weight excluding hydrogens is 326 g/mol. The SMILES string of the molecule is CC(C)n1cnc([C@H]2CN(C)C[C@@]23CCN(Cc2cccnc2)C3=O)c1. The van der Waals surface area contributed by atoms with E-state index < -0.39 is 0 Å². The summed E-state index contributed by atoms with van der Waals surface area (Å²) in [6, 6.07) is 4.34. The Morgan fingerprint density at radius 3 is 2.92 bits per heavy atom. The largest absolute Gasteiger partial charge is 0.338 e. The van der Waals surface area contributed by atoms with Gasteiger partial charge in [-0.3, -0.25) is 9.78 Å². The van der Waals surface area contributed by atoms with Crippen LogP contribution >= 0.6 is 0 Å². The van der Waals surface area contributed by atoms with Crippen molar-refractivity contribution in [3.05, 3.63) is 48.3 Å². The van der Waals surface area contributed by atoms with Gasteiger partial charge in [0.2, 0.25) is 5.91 Å². The average molecular weight is 353 g/mol. The lowest BCUT2D eigenvalue weighted by atomic mass is 9.75. The van der Waals surface area contributed by atoms with E-state index in [4.69, 9.17) is 0 Å². The van der Waals surface area contributed by atoms with Crippen molar-refractivity contribution in [1.82, 2.24) is 24.3 Å². The molecule has 2 fully saturated rings. The molecule has 2 saturated heterocycles. The van der Waals surface area contributed by atoms with Crippen molar-refractivity contribution in [1.29, 1.82) is 0 Å². The van der Waals surface area contributed by atoms with Gasteiger partial charge in [-0.2, -0.15) is 0 Å². The number of hydrogen-bond donors (Lipinski definition) is 0. The van der Waals surface area contributed by atoms with Crippen LogP contribution in [-0.2, 0) is 11.3 Å². The standard InChI is InChI=1S/C20H27N5O/c1-15(2)25-12-18(22-14-25)17-11-23(3)13-20(17)6-8-24(19(20)26)10-16-5-4-7-21-9-16/h4-5,7,9,12,14-15,17H,6,8,10-11,13H2,1-3H3/t17-,20+/m1/s1. The summed E-state index contributed by atoms with van der Waals surface area (Å²) in [5.41, 5.74) is 1.80. The van der Waals surface area contributed by atoms with Gasteiger partial charge in [-0.1, -0.05) is 6.07 Å². The second kappa shape index (κ2) is 6.50. The Labute approximate surface area is 154 Å². The fourth-order valence-corrected chi connectivity index (χ4v) is 4.53. The van der Waals surface area contributed by atoms with Crippen molar-refractivity contribution in [2.24, 2.45) is 5.41 Å². The van der Waals surface area contributed by atoms with E-state index in [9.17, 15) is 4.79 Å². The van der Waals surface area contributed by atoms with Gasteiger partial charge in [0.25, 0.3) is 0 Å². The summed E-state index contributed by atoms with van der Waals surface area (Å²) in [5.74, 6) is 0.439. The molecule has 6 nitrogen and oxygen atoms in total. The molecule has 2 aliphatic rings. The third-order valence-corrected chi connectivity index (χ3v) is 5.93. The lowest BCUT2D eigenvalue weighted by Crippen LogP contribution is -2.39. The number of likely N-dealkylation sites (tertiary alicyclic amines) is 2. The van der Waals surface area contributed by atoms with Gasteiger partial charge in [-0.05, 0) is 38.9 Å². The second-order valence-corrected chi connectivity index (χ2v) is 8.08. The maximum atomic E-state index is 13.4. The van der Waals surface area contributed by atoms with Gasteiger partial charge in [-0.25, -0.2) is 4.98 Å². The van der Waals surface area contributed by atoms with E-state index in [2.05, 4.69) is 46.5 Å². The van der Waals surface area contributed by atoms with E-state index >= 15 is 0 Å². The van der Waals surface area contributed by atoms with Crippen LogP contribution in [0.25, 0.3) is 0 Å². The summed E-state index contributed by atoms with van der Waals surface area (Å²) < 4.78 is 2.13. The van der Waals surface area contributed by atoms with Gasteiger partial charge in [0.15, 0.2) is 0 Å². The molecule has 2 aromatic heterocycles. The highest BCUT2D eigenvalue weighted by Gasteiger charge is 2.57. The summed E-state index contributed by atoms with van der Waals surface area (Å²) in [5, 5.41) is 0. The minimum Gasteiger partial charge on any atom is -0.338 e. The van der Waals surface area contributed by atoms with Crippen LogP contribution in [-0.4, -0.2) is 56.9 Å². The Balaban J connectivity index is 1.60. The molecule has 0 saturated carbocycles. The van der Waals surface area contributed by atoms with E-state index in [-0.39, 0.29) is 17.2 Å². The van der Waals surface area contributed by atoms with Crippen LogP contribution in [0.3, 0.4) is 0 Å². The lowest BCUT2D eigenvalue weighted by molar-refractivity contribution is -0.136. The minimum absolute atomic E-state index is 0.166. The number of carbonyl (C=O) groups excluding carboxylic acids is 1. The number of rotatable bonds is 4. The molecule has 1 amide bonds. The number of amides is 1. The molecule has 0 aliphatic carbocycles. The Morgan fingerprint density at radius 1 is 1.38 bits per heavy atom. The Hall–Kier alpha value is -2.21. The van der Waals surface area contributed by atoms with E-state index in [1.807, 2.05) is 29.6 Å². The number of hydrogen-bond acceptors (Lipinski definition) is 4. The first kappa shape index (κ1) is 17.2. The maximum absolute atomic E-state index is 13.4. The Morgan fingerprint density at radius 2 is 2.23 bits per heavy atom. The van der Waals surface area contributed by atoms with E-state index in [0.29, 0.717) is 12.6 Å². The molecule has 0 aromatic carbocycles. The van der Waals surface area contributed by atoms with E-state index in [1.54, 1.807) is 6.20 Å². The highest BCUT2D eigenvalue weighted by Crippen LogP contribution is 2.49. The van der Waals surface area contributed by atoms with Crippen molar-refractivity contribution in [3.63, 3.8) is 0 Å². The predicted molar refractivity (Wildman–Crippen MR) is 99.6 cm³/mol. The maximum Gasteiger partial charge on any atom is 0.231 e.